The number of ether oxygens (including phenoxy) is 1. The first-order valence-corrected chi connectivity index (χ1v) is 8.49. The predicted molar refractivity (Wildman–Crippen MR) is 90.2 cm³/mol. The second-order valence-corrected chi connectivity index (χ2v) is 6.16. The van der Waals surface area contributed by atoms with Crippen LogP contribution in [0.2, 0.25) is 0 Å². The van der Waals surface area contributed by atoms with Crippen LogP contribution >= 0.6 is 0 Å². The van der Waals surface area contributed by atoms with Crippen LogP contribution in [0.1, 0.15) is 31.2 Å². The van der Waals surface area contributed by atoms with Crippen molar-refractivity contribution in [1.82, 2.24) is 9.80 Å². The number of carbonyl (C=O) groups excluding carboxylic acids is 2. The van der Waals surface area contributed by atoms with Crippen molar-refractivity contribution >= 4 is 12.0 Å². The molecule has 126 valence electrons. The van der Waals surface area contributed by atoms with Crippen molar-refractivity contribution in [3.8, 4) is 11.8 Å². The minimum Gasteiger partial charge on any atom is -0.448 e. The fourth-order valence-corrected chi connectivity index (χ4v) is 3.21. The molecule has 2 aliphatic rings. The number of amides is 2. The third kappa shape index (κ3) is 4.08. The Morgan fingerprint density at radius 1 is 1.25 bits per heavy atom. The molecule has 1 saturated carbocycles. The summed E-state index contributed by atoms with van der Waals surface area (Å²) in [4.78, 5) is 27.5. The largest absolute Gasteiger partial charge is 0.448 e. The van der Waals surface area contributed by atoms with Gasteiger partial charge in [-0.15, -0.1) is 0 Å². The van der Waals surface area contributed by atoms with E-state index in [1.54, 1.807) is 0 Å². The van der Waals surface area contributed by atoms with E-state index in [2.05, 4.69) is 11.8 Å². The lowest BCUT2D eigenvalue weighted by Gasteiger charge is -2.28. The SMILES string of the molecule is O=C1OCCN1CC(=O)N(CC#Cc1ccccc1)C1CCCC1. The van der Waals surface area contributed by atoms with Gasteiger partial charge in [0.1, 0.15) is 13.2 Å². The van der Waals surface area contributed by atoms with Crippen LogP contribution in [0.25, 0.3) is 0 Å². The minimum atomic E-state index is -0.398. The normalized spacial score (nSPS) is 17.3. The molecular formula is C19H22N2O3. The summed E-state index contributed by atoms with van der Waals surface area (Å²) in [5, 5.41) is 0. The van der Waals surface area contributed by atoms with E-state index in [4.69, 9.17) is 4.74 Å². The van der Waals surface area contributed by atoms with Gasteiger partial charge in [0, 0.05) is 11.6 Å². The highest BCUT2D eigenvalue weighted by atomic mass is 16.6. The topological polar surface area (TPSA) is 49.9 Å². The van der Waals surface area contributed by atoms with Crippen LogP contribution in [0.3, 0.4) is 0 Å². The number of nitrogens with zero attached hydrogens (tertiary/aromatic N) is 2. The van der Waals surface area contributed by atoms with Gasteiger partial charge in [-0.25, -0.2) is 4.79 Å². The summed E-state index contributed by atoms with van der Waals surface area (Å²) in [5.41, 5.74) is 0.944. The molecule has 5 nitrogen and oxygen atoms in total. The molecule has 0 unspecified atom stereocenters. The highest BCUT2D eigenvalue weighted by molar-refractivity contribution is 5.83. The lowest BCUT2D eigenvalue weighted by atomic mass is 10.2. The number of benzene rings is 1. The first kappa shape index (κ1) is 16.4. The molecule has 0 spiro atoms. The van der Waals surface area contributed by atoms with Crippen molar-refractivity contribution in [3.05, 3.63) is 35.9 Å². The molecule has 24 heavy (non-hydrogen) atoms. The Kier molecular flexibility index (Phi) is 5.37. The molecule has 2 amide bonds. The third-order valence-electron chi connectivity index (χ3n) is 4.51. The van der Waals surface area contributed by atoms with E-state index in [0.717, 1.165) is 31.2 Å². The van der Waals surface area contributed by atoms with Crippen molar-refractivity contribution < 1.29 is 14.3 Å². The van der Waals surface area contributed by atoms with Crippen molar-refractivity contribution in [1.29, 1.82) is 0 Å². The van der Waals surface area contributed by atoms with Crippen LogP contribution in [-0.4, -0.2) is 54.1 Å². The van der Waals surface area contributed by atoms with E-state index in [9.17, 15) is 9.59 Å². The fourth-order valence-electron chi connectivity index (χ4n) is 3.21. The zero-order valence-corrected chi connectivity index (χ0v) is 13.7. The predicted octanol–water partition coefficient (Wildman–Crippen LogP) is 2.26. The lowest BCUT2D eigenvalue weighted by Crippen LogP contribution is -2.45. The Balaban J connectivity index is 1.65. The van der Waals surface area contributed by atoms with Crippen LogP contribution in [0.15, 0.2) is 30.3 Å². The fraction of sp³-hybridized carbons (Fsp3) is 0.474. The molecular weight excluding hydrogens is 304 g/mol. The zero-order chi connectivity index (χ0) is 16.8. The number of carbonyl (C=O) groups is 2. The van der Waals surface area contributed by atoms with Gasteiger partial charge in [-0.05, 0) is 25.0 Å². The smallest absolute Gasteiger partial charge is 0.410 e. The summed E-state index contributed by atoms with van der Waals surface area (Å²) >= 11 is 0. The second kappa shape index (κ2) is 7.87. The Hall–Kier alpha value is -2.48. The van der Waals surface area contributed by atoms with Gasteiger partial charge in [-0.1, -0.05) is 42.9 Å². The third-order valence-corrected chi connectivity index (χ3v) is 4.51. The van der Waals surface area contributed by atoms with Gasteiger partial charge in [0.2, 0.25) is 5.91 Å². The highest BCUT2D eigenvalue weighted by Crippen LogP contribution is 2.23. The van der Waals surface area contributed by atoms with Gasteiger partial charge in [-0.3, -0.25) is 9.69 Å². The number of hydrogen-bond donors (Lipinski definition) is 0. The molecule has 0 aromatic heterocycles. The van der Waals surface area contributed by atoms with Crippen molar-refractivity contribution in [3.63, 3.8) is 0 Å². The van der Waals surface area contributed by atoms with Crippen molar-refractivity contribution in [2.24, 2.45) is 0 Å². The van der Waals surface area contributed by atoms with Gasteiger partial charge >= 0.3 is 6.09 Å². The van der Waals surface area contributed by atoms with Crippen molar-refractivity contribution in [2.75, 3.05) is 26.2 Å². The average molecular weight is 326 g/mol. The Labute approximate surface area is 142 Å². The highest BCUT2D eigenvalue weighted by Gasteiger charge is 2.30. The number of cyclic esters (lactones) is 1. The van der Waals surface area contributed by atoms with E-state index >= 15 is 0 Å². The van der Waals surface area contributed by atoms with E-state index < -0.39 is 6.09 Å². The Morgan fingerprint density at radius 3 is 2.67 bits per heavy atom. The van der Waals surface area contributed by atoms with Crippen LogP contribution in [0.4, 0.5) is 4.79 Å². The van der Waals surface area contributed by atoms with Crippen LogP contribution < -0.4 is 0 Å². The maximum atomic E-state index is 12.7. The standard InChI is InChI=1S/C19H22N2O3/c22-18(15-20-13-14-24-19(20)23)21(17-10-4-5-11-17)12-6-9-16-7-2-1-3-8-16/h1-3,7-8,17H,4-5,10-15H2. The van der Waals surface area contributed by atoms with E-state index in [0.29, 0.717) is 19.7 Å². The van der Waals surface area contributed by atoms with Gasteiger partial charge in [0.25, 0.3) is 0 Å². The maximum Gasteiger partial charge on any atom is 0.410 e. The van der Waals surface area contributed by atoms with Gasteiger partial charge in [0.05, 0.1) is 13.1 Å². The van der Waals surface area contributed by atoms with Crippen LogP contribution in [-0.2, 0) is 9.53 Å². The molecule has 1 aliphatic heterocycles. The summed E-state index contributed by atoms with van der Waals surface area (Å²) < 4.78 is 4.90. The molecule has 1 aliphatic carbocycles. The maximum absolute atomic E-state index is 12.7. The average Bonchev–Trinajstić information content (AvgIpc) is 3.25. The molecule has 3 rings (SSSR count). The van der Waals surface area contributed by atoms with Crippen molar-refractivity contribution in [2.45, 2.75) is 31.7 Å². The molecule has 0 bridgehead atoms. The summed E-state index contributed by atoms with van der Waals surface area (Å²) in [7, 11) is 0. The number of rotatable bonds is 4. The summed E-state index contributed by atoms with van der Waals surface area (Å²) in [5.74, 6) is 6.18. The molecule has 1 heterocycles. The van der Waals surface area contributed by atoms with E-state index in [1.807, 2.05) is 35.2 Å². The van der Waals surface area contributed by atoms with E-state index in [-0.39, 0.29) is 18.5 Å². The van der Waals surface area contributed by atoms with Gasteiger partial charge < -0.3 is 9.64 Å². The van der Waals surface area contributed by atoms with Crippen LogP contribution in [0.5, 0.6) is 0 Å². The molecule has 1 aromatic rings. The number of hydrogen-bond acceptors (Lipinski definition) is 3. The molecule has 2 fully saturated rings. The minimum absolute atomic E-state index is 0.0388. The molecule has 0 radical (unpaired) electrons. The molecule has 5 heteroatoms. The quantitative estimate of drug-likeness (QED) is 0.798. The Morgan fingerprint density at radius 2 is 2.00 bits per heavy atom. The van der Waals surface area contributed by atoms with Gasteiger partial charge in [-0.2, -0.15) is 0 Å². The molecule has 0 N–H and O–H groups in total. The van der Waals surface area contributed by atoms with E-state index in [1.165, 1.54) is 4.90 Å². The summed E-state index contributed by atoms with van der Waals surface area (Å²) in [6, 6.07) is 9.99. The second-order valence-electron chi connectivity index (χ2n) is 6.16. The zero-order valence-electron chi connectivity index (χ0n) is 13.7. The summed E-state index contributed by atoms with van der Waals surface area (Å²) in [6.45, 7) is 1.34. The van der Waals surface area contributed by atoms with Crippen LogP contribution in [0, 0.1) is 11.8 Å². The Bertz CT molecular complexity index is 642. The summed E-state index contributed by atoms with van der Waals surface area (Å²) in [6.07, 6.45) is 3.93. The van der Waals surface area contributed by atoms with Gasteiger partial charge in [0.15, 0.2) is 0 Å². The molecule has 1 saturated heterocycles. The lowest BCUT2D eigenvalue weighted by molar-refractivity contribution is -0.133. The molecule has 0 atom stereocenters. The first-order chi connectivity index (χ1) is 11.7. The molecule has 1 aromatic carbocycles. The first-order valence-electron chi connectivity index (χ1n) is 8.49. The monoisotopic (exact) mass is 326 g/mol.